The number of nitrogens with one attached hydrogen (secondary N) is 1. The zero-order valence-electron chi connectivity index (χ0n) is 16.3. The van der Waals surface area contributed by atoms with E-state index in [1.54, 1.807) is 44.2 Å². The lowest BCUT2D eigenvalue weighted by molar-refractivity contribution is -0.114. The number of carbonyl (C=O) groups is 2. The van der Waals surface area contributed by atoms with Crippen molar-refractivity contribution in [3.05, 3.63) is 87.3 Å². The summed E-state index contributed by atoms with van der Waals surface area (Å²) in [6, 6.07) is 15.0. The fourth-order valence-electron chi connectivity index (χ4n) is 3.24. The molecular weight excluding hydrogens is 384 g/mol. The van der Waals surface area contributed by atoms with E-state index in [1.165, 1.54) is 21.8 Å². The smallest absolute Gasteiger partial charge is 0.335 e. The first-order valence-corrected chi connectivity index (χ1v) is 9.19. The number of anilines is 1. The molecule has 0 radical (unpaired) electrons. The Labute approximate surface area is 171 Å². The monoisotopic (exact) mass is 402 g/mol. The second-order valence-corrected chi connectivity index (χ2v) is 6.84. The van der Waals surface area contributed by atoms with Gasteiger partial charge in [0.25, 0.3) is 11.5 Å². The molecule has 0 spiro atoms. The van der Waals surface area contributed by atoms with Crippen molar-refractivity contribution in [2.24, 2.45) is 5.10 Å². The minimum Gasteiger partial charge on any atom is -0.478 e. The largest absolute Gasteiger partial charge is 0.478 e. The molecule has 3 aromatic rings. The summed E-state index contributed by atoms with van der Waals surface area (Å²) >= 11 is 0. The Kier molecular flexibility index (Phi) is 4.67. The van der Waals surface area contributed by atoms with Gasteiger partial charge in [-0.2, -0.15) is 10.1 Å². The first-order chi connectivity index (χ1) is 14.4. The van der Waals surface area contributed by atoms with Crippen LogP contribution in [-0.4, -0.2) is 32.5 Å². The molecule has 1 aliphatic heterocycles. The lowest BCUT2D eigenvalue weighted by Gasteiger charge is -2.10. The van der Waals surface area contributed by atoms with Crippen molar-refractivity contribution < 1.29 is 14.7 Å². The maximum Gasteiger partial charge on any atom is 0.335 e. The van der Waals surface area contributed by atoms with E-state index in [9.17, 15) is 14.4 Å². The van der Waals surface area contributed by atoms with Crippen LogP contribution in [0.2, 0.25) is 0 Å². The number of carbonyl (C=O) groups excluding carboxylic acids is 1. The number of hydrogen-bond donors (Lipinski definition) is 2. The van der Waals surface area contributed by atoms with Crippen LogP contribution in [0.15, 0.2) is 70.1 Å². The number of aromatic amines is 1. The van der Waals surface area contributed by atoms with Crippen LogP contribution in [0.3, 0.4) is 0 Å². The molecule has 8 nitrogen and oxygen atoms in total. The van der Waals surface area contributed by atoms with Crippen molar-refractivity contribution in [1.29, 1.82) is 0 Å². The zero-order chi connectivity index (χ0) is 21.4. The number of benzene rings is 2. The molecule has 0 aliphatic carbocycles. The topological polar surface area (TPSA) is 108 Å². The van der Waals surface area contributed by atoms with Crippen LogP contribution in [0, 0.1) is 6.92 Å². The second-order valence-electron chi connectivity index (χ2n) is 6.84. The van der Waals surface area contributed by atoms with Gasteiger partial charge in [-0.1, -0.05) is 18.2 Å². The van der Waals surface area contributed by atoms with Crippen LogP contribution in [0.25, 0.3) is 11.8 Å². The maximum absolute atomic E-state index is 13.0. The predicted molar refractivity (Wildman–Crippen MR) is 113 cm³/mol. The Bertz CT molecular complexity index is 1260. The average molecular weight is 402 g/mol. The average Bonchev–Trinajstić information content (AvgIpc) is 3.19. The first kappa shape index (κ1) is 19.1. The third-order valence-electron chi connectivity index (χ3n) is 4.84. The molecular formula is C22H18N4O4. The number of carboxylic acid groups (broad SMARTS) is 1. The van der Waals surface area contributed by atoms with Crippen molar-refractivity contribution in [3.8, 4) is 5.69 Å². The van der Waals surface area contributed by atoms with Gasteiger partial charge in [0.05, 0.1) is 33.8 Å². The zero-order valence-corrected chi connectivity index (χ0v) is 16.3. The number of carboxylic acids is 1. The number of hydrazone groups is 1. The summed E-state index contributed by atoms with van der Waals surface area (Å²) in [7, 11) is 0. The quantitative estimate of drug-likeness (QED) is 0.654. The third kappa shape index (κ3) is 3.24. The number of aryl methyl sites for hydroxylation is 1. The van der Waals surface area contributed by atoms with Crippen LogP contribution in [0.5, 0.6) is 0 Å². The second kappa shape index (κ2) is 7.32. The highest BCUT2D eigenvalue weighted by atomic mass is 16.4. The van der Waals surface area contributed by atoms with Gasteiger partial charge < -0.3 is 5.11 Å². The van der Waals surface area contributed by atoms with E-state index in [-0.39, 0.29) is 17.0 Å². The fourth-order valence-corrected chi connectivity index (χ4v) is 3.24. The summed E-state index contributed by atoms with van der Waals surface area (Å²) in [6.45, 7) is 3.45. The number of para-hydroxylation sites is 1. The van der Waals surface area contributed by atoms with E-state index in [2.05, 4.69) is 10.2 Å². The highest BCUT2D eigenvalue weighted by Gasteiger charge is 2.29. The van der Waals surface area contributed by atoms with Crippen LogP contribution in [0.1, 0.15) is 28.5 Å². The number of rotatable bonds is 4. The van der Waals surface area contributed by atoms with E-state index in [0.29, 0.717) is 33.9 Å². The molecule has 0 saturated carbocycles. The van der Waals surface area contributed by atoms with Gasteiger partial charge in [0, 0.05) is 5.69 Å². The van der Waals surface area contributed by atoms with Crippen LogP contribution < -0.4 is 10.6 Å². The Morgan fingerprint density at radius 2 is 1.67 bits per heavy atom. The van der Waals surface area contributed by atoms with Crippen molar-refractivity contribution >= 4 is 29.4 Å². The van der Waals surface area contributed by atoms with Crippen LogP contribution in [-0.2, 0) is 4.79 Å². The Morgan fingerprint density at radius 1 is 1.00 bits per heavy atom. The molecule has 8 heteroatoms. The normalized spacial score (nSPS) is 15.0. The van der Waals surface area contributed by atoms with E-state index < -0.39 is 5.97 Å². The lowest BCUT2D eigenvalue weighted by atomic mass is 10.1. The molecule has 2 aromatic carbocycles. The summed E-state index contributed by atoms with van der Waals surface area (Å²) in [4.78, 5) is 36.9. The van der Waals surface area contributed by atoms with Gasteiger partial charge in [-0.15, -0.1) is 0 Å². The minimum atomic E-state index is -1.04. The molecule has 0 unspecified atom stereocenters. The van der Waals surface area contributed by atoms with Gasteiger partial charge in [0.15, 0.2) is 0 Å². The molecule has 0 atom stereocenters. The maximum atomic E-state index is 13.0. The van der Waals surface area contributed by atoms with Gasteiger partial charge in [-0.3, -0.25) is 14.7 Å². The number of aromatic carboxylic acids is 1. The van der Waals surface area contributed by atoms with E-state index in [1.807, 2.05) is 18.2 Å². The summed E-state index contributed by atoms with van der Waals surface area (Å²) in [5.74, 6) is -1.35. The van der Waals surface area contributed by atoms with Crippen molar-refractivity contribution in [2.45, 2.75) is 13.8 Å². The van der Waals surface area contributed by atoms with E-state index in [4.69, 9.17) is 5.11 Å². The molecule has 150 valence electrons. The standard InChI is InChI=1S/C22H18N4O4/c1-13-18(20(27)25(23-13)16-6-4-3-5-7-16)12-19-14(2)24-26(21(19)28)17-10-8-15(9-11-17)22(29)30/h3-12,24H,1-2H3,(H,29,30). The number of H-pyrrole nitrogens is 1. The van der Waals surface area contributed by atoms with Crippen molar-refractivity contribution in [2.75, 3.05) is 5.01 Å². The number of amides is 1. The molecule has 0 saturated heterocycles. The van der Waals surface area contributed by atoms with Crippen LogP contribution in [0.4, 0.5) is 5.69 Å². The lowest BCUT2D eigenvalue weighted by Crippen LogP contribution is -2.21. The Hall–Kier alpha value is -4.20. The molecule has 0 fully saturated rings. The van der Waals surface area contributed by atoms with Gasteiger partial charge in [0.1, 0.15) is 0 Å². The number of hydrogen-bond acceptors (Lipinski definition) is 4. The fraction of sp³-hybridized carbons (Fsp3) is 0.0909. The minimum absolute atomic E-state index is 0.127. The molecule has 1 aliphatic rings. The van der Waals surface area contributed by atoms with Gasteiger partial charge in [-0.05, 0) is 56.3 Å². The van der Waals surface area contributed by atoms with E-state index in [0.717, 1.165) is 0 Å². The highest BCUT2D eigenvalue weighted by molar-refractivity contribution is 6.32. The third-order valence-corrected chi connectivity index (χ3v) is 4.84. The molecule has 2 heterocycles. The highest BCUT2D eigenvalue weighted by Crippen LogP contribution is 2.24. The molecule has 0 bridgehead atoms. The Balaban J connectivity index is 1.71. The van der Waals surface area contributed by atoms with Gasteiger partial charge >= 0.3 is 5.97 Å². The SMILES string of the molecule is CC1=NN(c2ccccc2)C(=O)C1=Cc1c(C)[nH]n(-c2ccc(C(=O)O)cc2)c1=O. The molecule has 1 amide bonds. The van der Waals surface area contributed by atoms with Crippen LogP contribution >= 0.6 is 0 Å². The predicted octanol–water partition coefficient (Wildman–Crippen LogP) is 2.98. The van der Waals surface area contributed by atoms with Gasteiger partial charge in [0.2, 0.25) is 0 Å². The summed E-state index contributed by atoms with van der Waals surface area (Å²) in [5.41, 5.74) is 2.69. The number of nitrogens with zero attached hydrogens (tertiary/aromatic N) is 3. The summed E-state index contributed by atoms with van der Waals surface area (Å²) < 4.78 is 1.31. The molecule has 2 N–H and O–H groups in total. The van der Waals surface area contributed by atoms with Crippen molar-refractivity contribution in [3.63, 3.8) is 0 Å². The molecule has 30 heavy (non-hydrogen) atoms. The van der Waals surface area contributed by atoms with E-state index >= 15 is 0 Å². The number of aromatic nitrogens is 2. The van der Waals surface area contributed by atoms with Crippen molar-refractivity contribution in [1.82, 2.24) is 9.78 Å². The first-order valence-electron chi connectivity index (χ1n) is 9.19. The molecule has 4 rings (SSSR count). The molecule has 1 aromatic heterocycles. The Morgan fingerprint density at radius 3 is 2.30 bits per heavy atom. The summed E-state index contributed by atoms with van der Waals surface area (Å²) in [5, 5.41) is 17.6. The summed E-state index contributed by atoms with van der Waals surface area (Å²) in [6.07, 6.45) is 1.54. The van der Waals surface area contributed by atoms with Gasteiger partial charge in [-0.25, -0.2) is 9.48 Å².